The van der Waals surface area contributed by atoms with Crippen molar-refractivity contribution in [1.29, 1.82) is 0 Å². The Balaban J connectivity index is 1.95. The third-order valence-corrected chi connectivity index (χ3v) is 4.27. The van der Waals surface area contributed by atoms with E-state index in [1.165, 1.54) is 6.07 Å². The van der Waals surface area contributed by atoms with E-state index in [1.807, 2.05) is 36.0 Å². The van der Waals surface area contributed by atoms with E-state index in [9.17, 15) is 9.18 Å². The van der Waals surface area contributed by atoms with Crippen LogP contribution >= 0.6 is 0 Å². The lowest BCUT2D eigenvalue weighted by molar-refractivity contribution is -0.117. The van der Waals surface area contributed by atoms with Gasteiger partial charge in [0.1, 0.15) is 5.82 Å². The van der Waals surface area contributed by atoms with E-state index in [0.717, 1.165) is 29.7 Å². The normalized spacial score (nSPS) is 18.5. The van der Waals surface area contributed by atoms with Crippen molar-refractivity contribution in [3.05, 3.63) is 41.8 Å². The van der Waals surface area contributed by atoms with Gasteiger partial charge in [-0.3, -0.25) is 4.79 Å². The smallest absolute Gasteiger partial charge is 0.235 e. The Kier molecular flexibility index (Phi) is 1.85. The third-order valence-electron chi connectivity index (χ3n) is 4.27. The first-order valence-corrected chi connectivity index (χ1v) is 6.39. The predicted octanol–water partition coefficient (Wildman–Crippen LogP) is 2.81. The van der Waals surface area contributed by atoms with E-state index in [0.29, 0.717) is 5.69 Å². The number of anilines is 1. The van der Waals surface area contributed by atoms with Crippen molar-refractivity contribution >= 4 is 11.6 Å². The maximum absolute atomic E-state index is 14.2. The standard InChI is InChI=1S/C15H13FN2O/c1-18-6-2-3-12(18)9-7-10-13(11(16)8-9)17-14(19)15(10)4-5-15/h2-3,6-8H,4-5H2,1H3,(H,17,19). The van der Waals surface area contributed by atoms with Gasteiger partial charge in [-0.2, -0.15) is 0 Å². The Hall–Kier alpha value is -2.10. The van der Waals surface area contributed by atoms with E-state index >= 15 is 0 Å². The topological polar surface area (TPSA) is 34.0 Å². The fourth-order valence-corrected chi connectivity index (χ4v) is 3.00. The Bertz CT molecular complexity index is 713. The van der Waals surface area contributed by atoms with Gasteiger partial charge >= 0.3 is 0 Å². The summed E-state index contributed by atoms with van der Waals surface area (Å²) >= 11 is 0. The summed E-state index contributed by atoms with van der Waals surface area (Å²) in [4.78, 5) is 11.9. The van der Waals surface area contributed by atoms with Gasteiger partial charge in [0, 0.05) is 24.5 Å². The van der Waals surface area contributed by atoms with Gasteiger partial charge in [-0.25, -0.2) is 4.39 Å². The van der Waals surface area contributed by atoms with Crippen molar-refractivity contribution in [1.82, 2.24) is 4.57 Å². The highest BCUT2D eigenvalue weighted by Crippen LogP contribution is 2.56. The quantitative estimate of drug-likeness (QED) is 0.836. The molecule has 4 rings (SSSR count). The largest absolute Gasteiger partial charge is 0.351 e. The lowest BCUT2D eigenvalue weighted by Crippen LogP contribution is -2.18. The average Bonchev–Trinajstić information content (AvgIpc) is 3.00. The number of fused-ring (bicyclic) bond motifs is 2. The molecule has 1 spiro atoms. The van der Waals surface area contributed by atoms with Gasteiger partial charge in [0.15, 0.2) is 0 Å². The molecule has 0 atom stereocenters. The van der Waals surface area contributed by atoms with Gasteiger partial charge in [-0.15, -0.1) is 0 Å². The second-order valence-electron chi connectivity index (χ2n) is 5.42. The molecule has 0 radical (unpaired) electrons. The molecule has 1 fully saturated rings. The molecule has 2 aliphatic rings. The number of aryl methyl sites for hydroxylation is 1. The fraction of sp³-hybridized carbons (Fsp3) is 0.267. The highest BCUT2D eigenvalue weighted by Gasteiger charge is 2.57. The molecular formula is C15H13FN2O. The fourth-order valence-electron chi connectivity index (χ4n) is 3.00. The van der Waals surface area contributed by atoms with Crippen LogP contribution in [0.2, 0.25) is 0 Å². The van der Waals surface area contributed by atoms with E-state index in [2.05, 4.69) is 5.32 Å². The highest BCUT2D eigenvalue weighted by atomic mass is 19.1. The van der Waals surface area contributed by atoms with Crippen molar-refractivity contribution in [2.45, 2.75) is 18.3 Å². The first-order valence-electron chi connectivity index (χ1n) is 6.39. The molecular weight excluding hydrogens is 243 g/mol. The summed E-state index contributed by atoms with van der Waals surface area (Å²) in [5.74, 6) is -0.392. The van der Waals surface area contributed by atoms with Gasteiger partial charge in [0.05, 0.1) is 11.1 Å². The molecule has 1 aliphatic carbocycles. The molecule has 0 saturated heterocycles. The zero-order valence-corrected chi connectivity index (χ0v) is 10.5. The van der Waals surface area contributed by atoms with Crippen LogP contribution in [0.25, 0.3) is 11.3 Å². The van der Waals surface area contributed by atoms with Crippen molar-refractivity contribution in [3.8, 4) is 11.3 Å². The summed E-state index contributed by atoms with van der Waals surface area (Å²) in [7, 11) is 1.93. The number of benzene rings is 1. The van der Waals surface area contributed by atoms with Crippen LogP contribution in [0.4, 0.5) is 10.1 Å². The second-order valence-corrected chi connectivity index (χ2v) is 5.42. The molecule has 1 amide bonds. The van der Waals surface area contributed by atoms with Crippen molar-refractivity contribution in [2.24, 2.45) is 7.05 Å². The maximum atomic E-state index is 14.2. The Morgan fingerprint density at radius 3 is 2.79 bits per heavy atom. The van der Waals surface area contributed by atoms with Gasteiger partial charge in [-0.1, -0.05) is 0 Å². The summed E-state index contributed by atoms with van der Waals surface area (Å²) in [5, 5.41) is 2.68. The zero-order valence-electron chi connectivity index (χ0n) is 10.5. The lowest BCUT2D eigenvalue weighted by atomic mass is 9.95. The number of aromatic nitrogens is 1. The zero-order chi connectivity index (χ0) is 13.2. The molecule has 1 aromatic heterocycles. The third kappa shape index (κ3) is 1.28. The number of carbonyl (C=O) groups is 1. The Labute approximate surface area is 110 Å². The predicted molar refractivity (Wildman–Crippen MR) is 70.3 cm³/mol. The minimum Gasteiger partial charge on any atom is -0.351 e. The summed E-state index contributed by atoms with van der Waals surface area (Å²) < 4.78 is 16.1. The molecule has 4 heteroatoms. The molecule has 96 valence electrons. The van der Waals surface area contributed by atoms with Crippen LogP contribution in [0, 0.1) is 5.82 Å². The molecule has 3 nitrogen and oxygen atoms in total. The number of nitrogens with one attached hydrogen (secondary N) is 1. The van der Waals surface area contributed by atoms with Crippen LogP contribution in [-0.2, 0) is 17.3 Å². The number of hydrogen-bond acceptors (Lipinski definition) is 1. The average molecular weight is 256 g/mol. The first-order chi connectivity index (χ1) is 9.12. The van der Waals surface area contributed by atoms with Crippen molar-refractivity contribution in [2.75, 3.05) is 5.32 Å². The minimum atomic E-state index is -0.447. The van der Waals surface area contributed by atoms with Crippen molar-refractivity contribution in [3.63, 3.8) is 0 Å². The molecule has 1 N–H and O–H groups in total. The molecule has 1 saturated carbocycles. The van der Waals surface area contributed by atoms with E-state index in [4.69, 9.17) is 0 Å². The lowest BCUT2D eigenvalue weighted by Gasteiger charge is -2.09. The molecule has 0 bridgehead atoms. The SMILES string of the molecule is Cn1cccc1-c1cc(F)c2c(c1)C1(CC1)C(=O)N2. The Morgan fingerprint density at radius 1 is 1.37 bits per heavy atom. The highest BCUT2D eigenvalue weighted by molar-refractivity contribution is 6.08. The maximum Gasteiger partial charge on any atom is 0.235 e. The van der Waals surface area contributed by atoms with Crippen LogP contribution in [0.1, 0.15) is 18.4 Å². The van der Waals surface area contributed by atoms with Gasteiger partial charge in [-0.05, 0) is 42.7 Å². The summed E-state index contributed by atoms with van der Waals surface area (Å²) in [6, 6.07) is 7.33. The van der Waals surface area contributed by atoms with Crippen LogP contribution < -0.4 is 5.32 Å². The monoisotopic (exact) mass is 256 g/mol. The summed E-state index contributed by atoms with van der Waals surface area (Å²) in [6.45, 7) is 0. The molecule has 1 aliphatic heterocycles. The summed E-state index contributed by atoms with van der Waals surface area (Å²) in [5.41, 5.74) is 2.54. The molecule has 1 aromatic carbocycles. The summed E-state index contributed by atoms with van der Waals surface area (Å²) in [6.07, 6.45) is 3.57. The number of hydrogen-bond donors (Lipinski definition) is 1. The van der Waals surface area contributed by atoms with Crippen LogP contribution in [-0.4, -0.2) is 10.5 Å². The first kappa shape index (κ1) is 10.8. The Morgan fingerprint density at radius 2 is 2.16 bits per heavy atom. The van der Waals surface area contributed by atoms with E-state index < -0.39 is 5.41 Å². The van der Waals surface area contributed by atoms with E-state index in [1.54, 1.807) is 0 Å². The number of carbonyl (C=O) groups excluding carboxylic acids is 1. The van der Waals surface area contributed by atoms with Crippen LogP contribution in [0.3, 0.4) is 0 Å². The van der Waals surface area contributed by atoms with Gasteiger partial charge < -0.3 is 9.88 Å². The molecule has 2 aromatic rings. The molecule has 2 heterocycles. The van der Waals surface area contributed by atoms with Gasteiger partial charge in [0.2, 0.25) is 5.91 Å². The second kappa shape index (κ2) is 3.26. The number of amides is 1. The minimum absolute atomic E-state index is 0.0505. The van der Waals surface area contributed by atoms with Crippen LogP contribution in [0.5, 0.6) is 0 Å². The van der Waals surface area contributed by atoms with E-state index in [-0.39, 0.29) is 11.7 Å². The molecule has 19 heavy (non-hydrogen) atoms. The van der Waals surface area contributed by atoms with Crippen LogP contribution in [0.15, 0.2) is 30.5 Å². The number of rotatable bonds is 1. The number of nitrogens with zero attached hydrogens (tertiary/aromatic N) is 1. The van der Waals surface area contributed by atoms with Gasteiger partial charge in [0.25, 0.3) is 0 Å². The van der Waals surface area contributed by atoms with Crippen molar-refractivity contribution < 1.29 is 9.18 Å². The molecule has 0 unspecified atom stereocenters. The number of halogens is 1.